The van der Waals surface area contributed by atoms with Crippen LogP contribution in [0.5, 0.6) is 5.75 Å². The molecule has 2 aromatic carbocycles. The number of nitrogens with zero attached hydrogens (tertiary/aromatic N) is 1. The zero-order chi connectivity index (χ0) is 17.9. The van der Waals surface area contributed by atoms with Crippen molar-refractivity contribution in [1.82, 2.24) is 0 Å². The molecule has 122 valence electrons. The first kappa shape index (κ1) is 18.3. The van der Waals surface area contributed by atoms with Gasteiger partial charge in [-0.15, -0.1) is 0 Å². The number of carbonyl (C=O) groups is 1. The zero-order valence-corrected chi connectivity index (χ0v) is 15.5. The minimum atomic E-state index is -0.618. The van der Waals surface area contributed by atoms with Gasteiger partial charge in [0.2, 0.25) is 0 Å². The van der Waals surface area contributed by atoms with E-state index in [4.69, 9.17) is 23.2 Å². The number of amides is 1. The van der Waals surface area contributed by atoms with Crippen LogP contribution >= 0.6 is 39.1 Å². The molecule has 2 N–H and O–H groups in total. The van der Waals surface area contributed by atoms with Gasteiger partial charge in [-0.25, -0.2) is 0 Å². The molecular formula is C17H11BrCl2N2O2. The molecule has 0 atom stereocenters. The monoisotopic (exact) mass is 424 g/mol. The predicted molar refractivity (Wildman–Crippen MR) is 99.2 cm³/mol. The quantitative estimate of drug-likeness (QED) is 0.516. The Morgan fingerprint density at radius 2 is 2.00 bits per heavy atom. The molecule has 0 aromatic heterocycles. The van der Waals surface area contributed by atoms with Crippen molar-refractivity contribution in [3.8, 4) is 11.8 Å². The van der Waals surface area contributed by atoms with E-state index in [9.17, 15) is 15.2 Å². The number of nitrogens with one attached hydrogen (secondary N) is 1. The van der Waals surface area contributed by atoms with Crippen molar-refractivity contribution in [3.05, 3.63) is 61.5 Å². The minimum absolute atomic E-state index is 0.110. The summed E-state index contributed by atoms with van der Waals surface area (Å²) in [7, 11) is 0. The van der Waals surface area contributed by atoms with Crippen molar-refractivity contribution in [2.75, 3.05) is 5.32 Å². The average molecular weight is 426 g/mol. The highest BCUT2D eigenvalue weighted by Crippen LogP contribution is 2.32. The second-order valence-corrected chi connectivity index (χ2v) is 6.64. The highest BCUT2D eigenvalue weighted by atomic mass is 79.9. The van der Waals surface area contributed by atoms with Gasteiger partial charge in [-0.3, -0.25) is 4.79 Å². The Labute approximate surface area is 157 Å². The maximum atomic E-state index is 12.3. The number of aryl methyl sites for hydroxylation is 1. The summed E-state index contributed by atoms with van der Waals surface area (Å²) in [6.07, 6.45) is 1.26. The molecule has 2 aromatic rings. The van der Waals surface area contributed by atoms with E-state index in [0.29, 0.717) is 15.2 Å². The Bertz CT molecular complexity index is 889. The number of rotatable bonds is 3. The standard InChI is InChI=1S/C17H11BrCl2N2O2/c1-9-2-3-13(7-14(9)19)22-17(24)11(8-21)4-10-5-12(18)6-15(20)16(10)23/h2-7,23H,1H3,(H,22,24)/b11-4+. The topological polar surface area (TPSA) is 73.1 Å². The third kappa shape index (κ3) is 4.30. The van der Waals surface area contributed by atoms with Crippen molar-refractivity contribution in [2.24, 2.45) is 0 Å². The van der Waals surface area contributed by atoms with Gasteiger partial charge < -0.3 is 10.4 Å². The number of phenols is 1. The summed E-state index contributed by atoms with van der Waals surface area (Å²) in [6, 6.07) is 9.90. The van der Waals surface area contributed by atoms with Gasteiger partial charge >= 0.3 is 0 Å². The van der Waals surface area contributed by atoms with Gasteiger partial charge in [0.25, 0.3) is 5.91 Å². The molecule has 7 heteroatoms. The third-order valence-electron chi connectivity index (χ3n) is 3.15. The number of hydrogen-bond donors (Lipinski definition) is 2. The Balaban J connectivity index is 2.32. The molecule has 4 nitrogen and oxygen atoms in total. The van der Waals surface area contributed by atoms with Crippen LogP contribution in [0.4, 0.5) is 5.69 Å². The first-order valence-electron chi connectivity index (χ1n) is 6.69. The predicted octanol–water partition coefficient (Wildman–Crippen LogP) is 5.32. The van der Waals surface area contributed by atoms with Crippen molar-refractivity contribution < 1.29 is 9.90 Å². The van der Waals surface area contributed by atoms with E-state index >= 15 is 0 Å². The summed E-state index contributed by atoms with van der Waals surface area (Å²) < 4.78 is 0.611. The van der Waals surface area contributed by atoms with Crippen LogP contribution in [-0.4, -0.2) is 11.0 Å². The summed E-state index contributed by atoms with van der Waals surface area (Å²) in [5, 5.41) is 22.4. The Hall–Kier alpha value is -2.00. The van der Waals surface area contributed by atoms with E-state index in [1.165, 1.54) is 12.1 Å². The SMILES string of the molecule is Cc1ccc(NC(=O)/C(C#N)=C/c2cc(Br)cc(Cl)c2O)cc1Cl. The van der Waals surface area contributed by atoms with E-state index in [1.54, 1.807) is 24.3 Å². The fraction of sp³-hybridized carbons (Fsp3) is 0.0588. The summed E-state index contributed by atoms with van der Waals surface area (Å²) in [5.74, 6) is -0.827. The highest BCUT2D eigenvalue weighted by Gasteiger charge is 2.13. The zero-order valence-electron chi connectivity index (χ0n) is 12.4. The number of benzene rings is 2. The number of anilines is 1. The van der Waals surface area contributed by atoms with Crippen LogP contribution in [0.3, 0.4) is 0 Å². The van der Waals surface area contributed by atoms with E-state index in [-0.39, 0.29) is 21.9 Å². The molecule has 0 heterocycles. The number of halogens is 3. The van der Waals surface area contributed by atoms with Crippen LogP contribution in [0.15, 0.2) is 40.4 Å². The fourth-order valence-corrected chi connectivity index (χ4v) is 2.88. The lowest BCUT2D eigenvalue weighted by Gasteiger charge is -2.07. The van der Waals surface area contributed by atoms with Crippen molar-refractivity contribution in [2.45, 2.75) is 6.92 Å². The van der Waals surface area contributed by atoms with Crippen molar-refractivity contribution in [3.63, 3.8) is 0 Å². The molecule has 0 saturated heterocycles. The van der Waals surface area contributed by atoms with Crippen LogP contribution < -0.4 is 5.32 Å². The Kier molecular flexibility index (Phi) is 5.89. The van der Waals surface area contributed by atoms with Gasteiger partial charge in [0.05, 0.1) is 5.02 Å². The van der Waals surface area contributed by atoms with Gasteiger partial charge in [-0.05, 0) is 42.8 Å². The lowest BCUT2D eigenvalue weighted by molar-refractivity contribution is -0.112. The molecule has 0 fully saturated rings. The van der Waals surface area contributed by atoms with Gasteiger partial charge in [0, 0.05) is 20.7 Å². The summed E-state index contributed by atoms with van der Waals surface area (Å²) in [4.78, 5) is 12.3. The second-order valence-electron chi connectivity index (χ2n) is 4.91. The fourth-order valence-electron chi connectivity index (χ4n) is 1.87. The maximum absolute atomic E-state index is 12.3. The number of aromatic hydroxyl groups is 1. The van der Waals surface area contributed by atoms with Gasteiger partial charge in [-0.2, -0.15) is 5.26 Å². The van der Waals surface area contributed by atoms with Crippen molar-refractivity contribution >= 4 is 56.8 Å². The highest BCUT2D eigenvalue weighted by molar-refractivity contribution is 9.10. The minimum Gasteiger partial charge on any atom is -0.506 e. The van der Waals surface area contributed by atoms with E-state index in [1.807, 2.05) is 13.0 Å². The molecule has 2 rings (SSSR count). The van der Waals surface area contributed by atoms with Crippen LogP contribution in [0.2, 0.25) is 10.0 Å². The number of hydrogen-bond acceptors (Lipinski definition) is 3. The van der Waals surface area contributed by atoms with E-state index in [0.717, 1.165) is 5.56 Å². The molecule has 0 unspecified atom stereocenters. The Morgan fingerprint density at radius 1 is 1.29 bits per heavy atom. The summed E-state index contributed by atoms with van der Waals surface area (Å²) in [6.45, 7) is 1.84. The van der Waals surface area contributed by atoms with Gasteiger partial charge in [-0.1, -0.05) is 45.2 Å². The smallest absolute Gasteiger partial charge is 0.266 e. The lowest BCUT2D eigenvalue weighted by atomic mass is 10.1. The van der Waals surface area contributed by atoms with E-state index in [2.05, 4.69) is 21.2 Å². The summed E-state index contributed by atoms with van der Waals surface area (Å²) in [5.41, 5.74) is 1.41. The van der Waals surface area contributed by atoms with E-state index < -0.39 is 5.91 Å². The van der Waals surface area contributed by atoms with Crippen LogP contribution in [0.25, 0.3) is 6.08 Å². The van der Waals surface area contributed by atoms with Gasteiger partial charge in [0.1, 0.15) is 17.4 Å². The number of phenolic OH excluding ortho intramolecular Hbond substituents is 1. The molecule has 0 radical (unpaired) electrons. The second kappa shape index (κ2) is 7.71. The molecular weight excluding hydrogens is 415 g/mol. The molecule has 0 aliphatic heterocycles. The molecule has 0 aliphatic rings. The van der Waals surface area contributed by atoms with Crippen molar-refractivity contribution in [1.29, 1.82) is 5.26 Å². The van der Waals surface area contributed by atoms with Gasteiger partial charge in [0.15, 0.2) is 0 Å². The van der Waals surface area contributed by atoms with Crippen LogP contribution in [-0.2, 0) is 4.79 Å². The molecule has 0 aliphatic carbocycles. The summed E-state index contributed by atoms with van der Waals surface area (Å²) >= 11 is 15.1. The number of nitriles is 1. The largest absolute Gasteiger partial charge is 0.506 e. The first-order valence-corrected chi connectivity index (χ1v) is 8.24. The molecule has 0 saturated carbocycles. The normalized spacial score (nSPS) is 11.0. The average Bonchev–Trinajstić information content (AvgIpc) is 2.52. The lowest BCUT2D eigenvalue weighted by Crippen LogP contribution is -2.13. The maximum Gasteiger partial charge on any atom is 0.266 e. The van der Waals surface area contributed by atoms with Crippen LogP contribution in [0, 0.1) is 18.3 Å². The molecule has 24 heavy (non-hydrogen) atoms. The third-order valence-corrected chi connectivity index (χ3v) is 4.31. The molecule has 0 bridgehead atoms. The van der Waals surface area contributed by atoms with Crippen LogP contribution in [0.1, 0.15) is 11.1 Å². The number of carbonyl (C=O) groups excluding carboxylic acids is 1. The first-order chi connectivity index (χ1) is 11.3. The molecule has 1 amide bonds. The molecule has 0 spiro atoms. The Morgan fingerprint density at radius 3 is 2.62 bits per heavy atom.